The fourth-order valence-corrected chi connectivity index (χ4v) is 1.38. The van der Waals surface area contributed by atoms with Crippen LogP contribution < -0.4 is 4.74 Å². The van der Waals surface area contributed by atoms with E-state index in [4.69, 9.17) is 4.74 Å². The molecule has 0 amide bonds. The molecule has 0 atom stereocenters. The first kappa shape index (κ1) is 11.8. The van der Waals surface area contributed by atoms with Gasteiger partial charge >= 0.3 is 0 Å². The molecule has 0 saturated heterocycles. The molecule has 0 fully saturated rings. The number of benzene rings is 1. The molecule has 0 aliphatic carbocycles. The van der Waals surface area contributed by atoms with Gasteiger partial charge in [0.15, 0.2) is 0 Å². The Balaban J connectivity index is 2.73. The third kappa shape index (κ3) is 3.78. The molecule has 1 aromatic rings. The lowest BCUT2D eigenvalue weighted by Crippen LogP contribution is -1.97. The molecule has 0 aliphatic rings. The Hall–Kier alpha value is -1.24. The second kappa shape index (κ2) is 6.28. The van der Waals surface area contributed by atoms with E-state index in [1.165, 1.54) is 5.56 Å². The molecule has 1 rings (SSSR count). The van der Waals surface area contributed by atoms with Gasteiger partial charge in [0.2, 0.25) is 0 Å². The SMILES string of the molecule is C=[C]c1cc(CC)cc(OCCCC)c1. The maximum atomic E-state index is 5.66. The van der Waals surface area contributed by atoms with Gasteiger partial charge in [0.25, 0.3) is 0 Å². The third-order valence-electron chi connectivity index (χ3n) is 2.35. The first-order valence-electron chi connectivity index (χ1n) is 5.60. The molecular formula is C14H19O. The van der Waals surface area contributed by atoms with Crippen LogP contribution in [0.15, 0.2) is 24.8 Å². The Morgan fingerprint density at radius 1 is 1.27 bits per heavy atom. The van der Waals surface area contributed by atoms with Crippen LogP contribution in [-0.2, 0) is 6.42 Å². The van der Waals surface area contributed by atoms with Crippen molar-refractivity contribution < 1.29 is 4.74 Å². The summed E-state index contributed by atoms with van der Waals surface area (Å²) in [6.07, 6.45) is 6.18. The molecule has 1 nitrogen and oxygen atoms in total. The molecule has 0 heterocycles. The molecule has 1 radical (unpaired) electrons. The van der Waals surface area contributed by atoms with Crippen LogP contribution in [0, 0.1) is 6.08 Å². The maximum Gasteiger partial charge on any atom is 0.120 e. The Labute approximate surface area is 92.8 Å². The average molecular weight is 203 g/mol. The highest BCUT2D eigenvalue weighted by atomic mass is 16.5. The lowest BCUT2D eigenvalue weighted by atomic mass is 10.1. The van der Waals surface area contributed by atoms with E-state index in [1.807, 2.05) is 6.07 Å². The topological polar surface area (TPSA) is 9.23 Å². The summed E-state index contributed by atoms with van der Waals surface area (Å²) in [5, 5.41) is 0. The van der Waals surface area contributed by atoms with Gasteiger partial charge in [0.05, 0.1) is 6.61 Å². The van der Waals surface area contributed by atoms with E-state index in [1.54, 1.807) is 0 Å². The van der Waals surface area contributed by atoms with Gasteiger partial charge in [-0.2, -0.15) is 0 Å². The van der Waals surface area contributed by atoms with E-state index in [0.29, 0.717) is 0 Å². The summed E-state index contributed by atoms with van der Waals surface area (Å²) in [5.74, 6) is 0.939. The molecule has 0 saturated carbocycles. The monoisotopic (exact) mass is 203 g/mol. The molecular weight excluding hydrogens is 184 g/mol. The van der Waals surface area contributed by atoms with Crippen molar-refractivity contribution in [2.75, 3.05) is 6.61 Å². The smallest absolute Gasteiger partial charge is 0.120 e. The van der Waals surface area contributed by atoms with E-state index in [9.17, 15) is 0 Å². The van der Waals surface area contributed by atoms with E-state index in [2.05, 4.69) is 38.6 Å². The summed E-state index contributed by atoms with van der Waals surface area (Å²) in [6, 6.07) is 6.18. The maximum absolute atomic E-state index is 5.66. The first-order chi connectivity index (χ1) is 7.30. The number of rotatable bonds is 6. The lowest BCUT2D eigenvalue weighted by Gasteiger charge is -2.08. The second-order valence-corrected chi connectivity index (χ2v) is 3.60. The Morgan fingerprint density at radius 2 is 2.07 bits per heavy atom. The number of hydrogen-bond acceptors (Lipinski definition) is 1. The highest BCUT2D eigenvalue weighted by Crippen LogP contribution is 2.18. The summed E-state index contributed by atoms with van der Waals surface area (Å²) in [6.45, 7) is 8.75. The minimum Gasteiger partial charge on any atom is -0.494 e. The zero-order valence-corrected chi connectivity index (χ0v) is 9.68. The fourth-order valence-electron chi connectivity index (χ4n) is 1.38. The van der Waals surface area contributed by atoms with E-state index in [0.717, 1.165) is 37.2 Å². The Kier molecular flexibility index (Phi) is 4.96. The molecule has 0 aromatic heterocycles. The van der Waals surface area contributed by atoms with Gasteiger partial charge in [-0.25, -0.2) is 0 Å². The number of ether oxygens (including phenoxy) is 1. The zero-order chi connectivity index (χ0) is 11.1. The van der Waals surface area contributed by atoms with Crippen LogP contribution in [-0.4, -0.2) is 6.61 Å². The van der Waals surface area contributed by atoms with Crippen molar-refractivity contribution in [3.05, 3.63) is 42.0 Å². The number of hydrogen-bond donors (Lipinski definition) is 0. The lowest BCUT2D eigenvalue weighted by molar-refractivity contribution is 0.309. The van der Waals surface area contributed by atoms with E-state index in [-0.39, 0.29) is 0 Å². The predicted octanol–water partition coefficient (Wildman–Crippen LogP) is 3.77. The fraction of sp³-hybridized carbons (Fsp3) is 0.429. The third-order valence-corrected chi connectivity index (χ3v) is 2.35. The standard InChI is InChI=1S/C14H19O/c1-4-7-8-15-14-10-12(5-2)9-13(6-3)11-14/h9-11H,2,4,6-8H2,1,3H3. The minimum atomic E-state index is 0.792. The van der Waals surface area contributed by atoms with Crippen molar-refractivity contribution in [1.29, 1.82) is 0 Å². The largest absolute Gasteiger partial charge is 0.494 e. The van der Waals surface area contributed by atoms with Crippen molar-refractivity contribution in [2.45, 2.75) is 33.1 Å². The van der Waals surface area contributed by atoms with Crippen LogP contribution >= 0.6 is 0 Å². The quantitative estimate of drug-likeness (QED) is 0.639. The molecule has 0 spiro atoms. The van der Waals surface area contributed by atoms with Gasteiger partial charge in [0, 0.05) is 0 Å². The summed E-state index contributed by atoms with van der Waals surface area (Å²) in [5.41, 5.74) is 2.29. The Bertz CT molecular complexity index is 315. The molecule has 81 valence electrons. The van der Waals surface area contributed by atoms with Gasteiger partial charge in [-0.3, -0.25) is 0 Å². The molecule has 0 bridgehead atoms. The summed E-state index contributed by atoms with van der Waals surface area (Å²) in [4.78, 5) is 0. The van der Waals surface area contributed by atoms with Crippen molar-refractivity contribution in [1.82, 2.24) is 0 Å². The van der Waals surface area contributed by atoms with Crippen LogP contribution in [0.3, 0.4) is 0 Å². The number of unbranched alkanes of at least 4 members (excludes halogenated alkanes) is 1. The summed E-state index contributed by atoms with van der Waals surface area (Å²) < 4.78 is 5.66. The predicted molar refractivity (Wildman–Crippen MR) is 64.2 cm³/mol. The van der Waals surface area contributed by atoms with Crippen LogP contribution in [0.5, 0.6) is 5.75 Å². The van der Waals surface area contributed by atoms with Gasteiger partial charge in [-0.1, -0.05) is 32.9 Å². The molecule has 0 N–H and O–H groups in total. The highest BCUT2D eigenvalue weighted by molar-refractivity contribution is 5.37. The molecule has 1 heteroatoms. The van der Waals surface area contributed by atoms with Crippen molar-refractivity contribution in [3.63, 3.8) is 0 Å². The van der Waals surface area contributed by atoms with Gasteiger partial charge in [0.1, 0.15) is 5.75 Å². The van der Waals surface area contributed by atoms with Gasteiger partial charge < -0.3 is 4.74 Å². The van der Waals surface area contributed by atoms with Crippen LogP contribution in [0.1, 0.15) is 37.8 Å². The summed E-state index contributed by atoms with van der Waals surface area (Å²) in [7, 11) is 0. The van der Waals surface area contributed by atoms with Crippen molar-refractivity contribution >= 4 is 0 Å². The van der Waals surface area contributed by atoms with Gasteiger partial charge in [-0.15, -0.1) is 0 Å². The molecule has 0 unspecified atom stereocenters. The van der Waals surface area contributed by atoms with Gasteiger partial charge in [-0.05, 0) is 42.2 Å². The molecule has 15 heavy (non-hydrogen) atoms. The zero-order valence-electron chi connectivity index (χ0n) is 9.68. The van der Waals surface area contributed by atoms with Crippen LogP contribution in [0.25, 0.3) is 0 Å². The minimum absolute atomic E-state index is 0.792. The van der Waals surface area contributed by atoms with E-state index >= 15 is 0 Å². The Morgan fingerprint density at radius 3 is 2.67 bits per heavy atom. The second-order valence-electron chi connectivity index (χ2n) is 3.60. The molecule has 1 aromatic carbocycles. The normalized spacial score (nSPS) is 10.0. The first-order valence-corrected chi connectivity index (χ1v) is 5.60. The highest BCUT2D eigenvalue weighted by Gasteiger charge is 1.99. The number of aryl methyl sites for hydroxylation is 1. The average Bonchev–Trinajstić information content (AvgIpc) is 2.29. The van der Waals surface area contributed by atoms with Crippen LogP contribution in [0.2, 0.25) is 0 Å². The van der Waals surface area contributed by atoms with Crippen molar-refractivity contribution in [2.24, 2.45) is 0 Å². The molecule has 0 aliphatic heterocycles. The van der Waals surface area contributed by atoms with E-state index < -0.39 is 0 Å². The van der Waals surface area contributed by atoms with Crippen LogP contribution in [0.4, 0.5) is 0 Å². The van der Waals surface area contributed by atoms with Crippen molar-refractivity contribution in [3.8, 4) is 5.75 Å². The summed E-state index contributed by atoms with van der Waals surface area (Å²) >= 11 is 0.